The standard InChI is InChI=1S/C26H23ClN2O6/c1-33-19-10-5-4-8-15(19)14-29-23(18-9-6-7-11-28-18)22(25(31)26(29)32)24(30)16-12-21(35-3)17(27)13-20(16)34-2/h4-13,23,30H,14H2,1-3H3/b24-22+. The zero-order chi connectivity index (χ0) is 25.1. The van der Waals surface area contributed by atoms with Gasteiger partial charge in [0.05, 0.1) is 49.7 Å². The van der Waals surface area contributed by atoms with Crippen LogP contribution in [-0.4, -0.2) is 48.0 Å². The Morgan fingerprint density at radius 3 is 2.31 bits per heavy atom. The lowest BCUT2D eigenvalue weighted by Gasteiger charge is -2.25. The van der Waals surface area contributed by atoms with Crippen LogP contribution in [0.3, 0.4) is 0 Å². The average Bonchev–Trinajstić information content (AvgIpc) is 3.13. The highest BCUT2D eigenvalue weighted by molar-refractivity contribution is 6.46. The topological polar surface area (TPSA) is 98.2 Å². The lowest BCUT2D eigenvalue weighted by molar-refractivity contribution is -0.140. The van der Waals surface area contributed by atoms with Crippen molar-refractivity contribution in [2.45, 2.75) is 12.6 Å². The summed E-state index contributed by atoms with van der Waals surface area (Å²) in [6, 6.07) is 14.3. The summed E-state index contributed by atoms with van der Waals surface area (Å²) in [5.74, 6) is -0.987. The van der Waals surface area contributed by atoms with Crippen LogP contribution in [0.2, 0.25) is 5.02 Å². The van der Waals surface area contributed by atoms with Gasteiger partial charge in [-0.15, -0.1) is 0 Å². The molecule has 0 bridgehead atoms. The molecule has 1 aliphatic heterocycles. The summed E-state index contributed by atoms with van der Waals surface area (Å²) in [6.45, 7) is 0.0632. The molecule has 3 aromatic rings. The zero-order valence-electron chi connectivity index (χ0n) is 19.3. The molecular weight excluding hydrogens is 472 g/mol. The van der Waals surface area contributed by atoms with Crippen LogP contribution >= 0.6 is 11.6 Å². The Morgan fingerprint density at radius 2 is 1.66 bits per heavy atom. The predicted molar refractivity (Wildman–Crippen MR) is 130 cm³/mol. The van der Waals surface area contributed by atoms with Crippen LogP contribution in [0.5, 0.6) is 17.2 Å². The number of aliphatic hydroxyl groups excluding tert-OH is 1. The second-order valence-electron chi connectivity index (χ2n) is 7.68. The van der Waals surface area contributed by atoms with E-state index in [1.807, 2.05) is 12.1 Å². The number of ether oxygens (including phenoxy) is 3. The first-order valence-electron chi connectivity index (χ1n) is 10.6. The van der Waals surface area contributed by atoms with Crippen molar-refractivity contribution in [2.24, 2.45) is 0 Å². The summed E-state index contributed by atoms with van der Waals surface area (Å²) in [5.41, 5.74) is 1.16. The van der Waals surface area contributed by atoms with E-state index < -0.39 is 23.5 Å². The van der Waals surface area contributed by atoms with Gasteiger partial charge in [-0.25, -0.2) is 0 Å². The maximum absolute atomic E-state index is 13.3. The van der Waals surface area contributed by atoms with Gasteiger partial charge in [0.1, 0.15) is 29.0 Å². The summed E-state index contributed by atoms with van der Waals surface area (Å²) in [4.78, 5) is 32.3. The Balaban J connectivity index is 1.92. The van der Waals surface area contributed by atoms with E-state index in [0.29, 0.717) is 17.0 Å². The number of para-hydroxylation sites is 1. The van der Waals surface area contributed by atoms with Crippen molar-refractivity contribution in [3.05, 3.63) is 88.2 Å². The molecule has 1 saturated heterocycles. The summed E-state index contributed by atoms with van der Waals surface area (Å²) >= 11 is 6.21. The van der Waals surface area contributed by atoms with E-state index in [2.05, 4.69) is 4.98 Å². The highest BCUT2D eigenvalue weighted by Crippen LogP contribution is 2.43. The average molecular weight is 495 g/mol. The Morgan fingerprint density at radius 1 is 0.971 bits per heavy atom. The maximum Gasteiger partial charge on any atom is 0.296 e. The van der Waals surface area contributed by atoms with Crippen LogP contribution in [-0.2, 0) is 16.1 Å². The minimum Gasteiger partial charge on any atom is -0.507 e. The molecule has 1 N–H and O–H groups in total. The van der Waals surface area contributed by atoms with E-state index in [0.717, 1.165) is 0 Å². The highest BCUT2D eigenvalue weighted by atomic mass is 35.5. The fourth-order valence-electron chi connectivity index (χ4n) is 4.10. The monoisotopic (exact) mass is 494 g/mol. The normalized spacial score (nSPS) is 16.9. The number of aromatic nitrogens is 1. The molecule has 2 heterocycles. The van der Waals surface area contributed by atoms with E-state index in [9.17, 15) is 14.7 Å². The van der Waals surface area contributed by atoms with Gasteiger partial charge in [0.25, 0.3) is 11.7 Å². The third kappa shape index (κ3) is 4.40. The summed E-state index contributed by atoms with van der Waals surface area (Å²) < 4.78 is 16.1. The minimum absolute atomic E-state index is 0.0632. The van der Waals surface area contributed by atoms with Crippen LogP contribution in [0, 0.1) is 0 Å². The van der Waals surface area contributed by atoms with Crippen molar-refractivity contribution in [2.75, 3.05) is 21.3 Å². The number of hydrogen-bond donors (Lipinski definition) is 1. The number of carbonyl (C=O) groups is 2. The van der Waals surface area contributed by atoms with Crippen molar-refractivity contribution >= 4 is 29.1 Å². The number of amides is 1. The van der Waals surface area contributed by atoms with Gasteiger partial charge in [-0.3, -0.25) is 14.6 Å². The van der Waals surface area contributed by atoms with Crippen molar-refractivity contribution in [1.82, 2.24) is 9.88 Å². The number of aliphatic hydroxyl groups is 1. The quantitative estimate of drug-likeness (QED) is 0.295. The molecule has 0 spiro atoms. The number of nitrogens with zero attached hydrogens (tertiary/aromatic N) is 2. The Labute approximate surface area is 207 Å². The van der Waals surface area contributed by atoms with E-state index in [4.69, 9.17) is 25.8 Å². The third-order valence-corrected chi connectivity index (χ3v) is 6.07. The van der Waals surface area contributed by atoms with Gasteiger partial charge in [-0.2, -0.15) is 0 Å². The molecule has 1 unspecified atom stereocenters. The van der Waals surface area contributed by atoms with Crippen LogP contribution in [0.4, 0.5) is 0 Å². The van der Waals surface area contributed by atoms with Gasteiger partial charge in [-0.05, 0) is 24.3 Å². The van der Waals surface area contributed by atoms with Crippen LogP contribution in [0.15, 0.2) is 66.4 Å². The van der Waals surface area contributed by atoms with Gasteiger partial charge in [0.15, 0.2) is 0 Å². The van der Waals surface area contributed by atoms with Gasteiger partial charge in [0.2, 0.25) is 0 Å². The third-order valence-electron chi connectivity index (χ3n) is 5.77. The van der Waals surface area contributed by atoms with Crippen molar-refractivity contribution in [3.8, 4) is 17.2 Å². The number of benzene rings is 2. The van der Waals surface area contributed by atoms with Crippen molar-refractivity contribution in [1.29, 1.82) is 0 Å². The summed E-state index contributed by atoms with van der Waals surface area (Å²) in [7, 11) is 4.37. The number of likely N-dealkylation sites (tertiary alicyclic amines) is 1. The fraction of sp³-hybridized carbons (Fsp3) is 0.192. The molecule has 1 amide bonds. The predicted octanol–water partition coefficient (Wildman–Crippen LogP) is 4.38. The largest absolute Gasteiger partial charge is 0.507 e. The van der Waals surface area contributed by atoms with Crippen molar-refractivity contribution < 1.29 is 28.9 Å². The van der Waals surface area contributed by atoms with E-state index in [-0.39, 0.29) is 34.2 Å². The zero-order valence-corrected chi connectivity index (χ0v) is 20.1. The van der Waals surface area contributed by atoms with Gasteiger partial charge in [0, 0.05) is 17.8 Å². The fourth-order valence-corrected chi connectivity index (χ4v) is 4.33. The molecule has 0 saturated carbocycles. The van der Waals surface area contributed by atoms with Crippen molar-refractivity contribution in [3.63, 3.8) is 0 Å². The molecule has 1 atom stereocenters. The molecule has 0 aliphatic carbocycles. The number of hydrogen-bond acceptors (Lipinski definition) is 7. The van der Waals surface area contributed by atoms with Gasteiger partial charge >= 0.3 is 0 Å². The van der Waals surface area contributed by atoms with Gasteiger partial charge in [-0.1, -0.05) is 35.9 Å². The molecule has 1 fully saturated rings. The molecule has 1 aromatic heterocycles. The second kappa shape index (κ2) is 10.1. The van der Waals surface area contributed by atoms with E-state index in [1.165, 1.54) is 38.4 Å². The first-order chi connectivity index (χ1) is 16.9. The molecular formula is C26H23ClN2O6. The first kappa shape index (κ1) is 24.1. The number of pyridine rings is 1. The number of methoxy groups -OCH3 is 3. The van der Waals surface area contributed by atoms with E-state index in [1.54, 1.807) is 36.5 Å². The van der Waals surface area contributed by atoms with Crippen LogP contribution in [0.25, 0.3) is 5.76 Å². The molecule has 8 nitrogen and oxygen atoms in total. The molecule has 9 heteroatoms. The van der Waals surface area contributed by atoms with Crippen LogP contribution < -0.4 is 14.2 Å². The second-order valence-corrected chi connectivity index (χ2v) is 8.09. The Bertz CT molecular complexity index is 1310. The SMILES string of the molecule is COc1cc(/C(O)=C2\C(=O)C(=O)N(Cc3ccccc3OC)C2c2ccccn2)c(OC)cc1Cl. The number of ketones is 1. The molecule has 4 rings (SSSR count). The molecule has 0 radical (unpaired) electrons. The highest BCUT2D eigenvalue weighted by Gasteiger charge is 2.47. The van der Waals surface area contributed by atoms with E-state index >= 15 is 0 Å². The molecule has 35 heavy (non-hydrogen) atoms. The lowest BCUT2D eigenvalue weighted by atomic mass is 9.97. The number of rotatable bonds is 7. The molecule has 2 aromatic carbocycles. The minimum atomic E-state index is -0.951. The number of carbonyl (C=O) groups excluding carboxylic acids is 2. The molecule has 1 aliphatic rings. The van der Waals surface area contributed by atoms with Crippen LogP contribution in [0.1, 0.15) is 22.9 Å². The number of Topliss-reactive ketones (excluding diaryl/α,β-unsaturated/α-hetero) is 1. The first-order valence-corrected chi connectivity index (χ1v) is 11.0. The lowest BCUT2D eigenvalue weighted by Crippen LogP contribution is -2.29. The Hall–Kier alpha value is -4.04. The van der Waals surface area contributed by atoms with Gasteiger partial charge < -0.3 is 24.2 Å². The maximum atomic E-state index is 13.3. The summed E-state index contributed by atoms with van der Waals surface area (Å²) in [6.07, 6.45) is 1.56. The summed E-state index contributed by atoms with van der Waals surface area (Å²) in [5, 5.41) is 11.7. The smallest absolute Gasteiger partial charge is 0.296 e. The molecule has 180 valence electrons. The Kier molecular flexibility index (Phi) is 6.93. The number of halogens is 1.